The lowest BCUT2D eigenvalue weighted by atomic mass is 9.97. The monoisotopic (exact) mass is 521 g/mol. The number of halogens is 4. The second kappa shape index (κ2) is 10.3. The Morgan fingerprint density at radius 3 is 2.38 bits per heavy atom. The molecule has 3 heterocycles. The van der Waals surface area contributed by atoms with Crippen LogP contribution < -0.4 is 21.1 Å². The summed E-state index contributed by atoms with van der Waals surface area (Å²) in [5.41, 5.74) is -1.22. The van der Waals surface area contributed by atoms with Crippen LogP contribution in [0.1, 0.15) is 41.8 Å². The van der Waals surface area contributed by atoms with Gasteiger partial charge in [0.05, 0.1) is 22.5 Å². The number of pyridine rings is 1. The van der Waals surface area contributed by atoms with Crippen LogP contribution in [0, 0.1) is 5.82 Å². The highest BCUT2D eigenvalue weighted by molar-refractivity contribution is 6.07. The summed E-state index contributed by atoms with van der Waals surface area (Å²) in [6, 6.07) is 3.52. The zero-order chi connectivity index (χ0) is 27.1. The van der Waals surface area contributed by atoms with Crippen LogP contribution >= 0.6 is 0 Å². The molecule has 0 spiro atoms. The number of hydrogen-bond acceptors (Lipinski definition) is 5. The van der Waals surface area contributed by atoms with Crippen molar-refractivity contribution >= 4 is 22.9 Å². The Kier molecular flexibility index (Phi) is 7.48. The number of aryl methyl sites for hydroxylation is 1. The average Bonchev–Trinajstić information content (AvgIpc) is 2.84. The van der Waals surface area contributed by atoms with Gasteiger partial charge >= 0.3 is 6.18 Å². The normalized spacial score (nSPS) is 21.1. The molecule has 1 aromatic carbocycles. The standard InChI is InChI=1S/C26H31F4N5O2/c1-15-12-35(13-16(2)34(15)4)23-11-21(27)18(17-5-7-31-8-6-17)9-22(23)32-25(37)19-14-33(3)24(36)10-20(19)26(28,29)30/h5,9-11,14-16,31H,6-8,12-13H2,1-4H3,(H,32,37)/t15-,16+. The molecule has 11 heteroatoms. The number of aromatic nitrogens is 1. The summed E-state index contributed by atoms with van der Waals surface area (Å²) in [7, 11) is 3.28. The number of carbonyl (C=O) groups is 1. The number of likely N-dealkylation sites (N-methyl/N-ethyl adjacent to an activating group) is 1. The highest BCUT2D eigenvalue weighted by Crippen LogP contribution is 2.37. The molecule has 4 rings (SSSR count). The average molecular weight is 522 g/mol. The highest BCUT2D eigenvalue weighted by atomic mass is 19.4. The summed E-state index contributed by atoms with van der Waals surface area (Å²) in [4.78, 5) is 29.3. The van der Waals surface area contributed by atoms with E-state index in [4.69, 9.17) is 0 Å². The van der Waals surface area contributed by atoms with E-state index in [0.29, 0.717) is 49.9 Å². The predicted octanol–water partition coefficient (Wildman–Crippen LogP) is 3.70. The fourth-order valence-corrected chi connectivity index (χ4v) is 4.87. The van der Waals surface area contributed by atoms with Crippen molar-refractivity contribution in [3.63, 3.8) is 0 Å². The van der Waals surface area contributed by atoms with E-state index in [1.54, 1.807) is 0 Å². The van der Waals surface area contributed by atoms with Gasteiger partial charge in [-0.2, -0.15) is 13.2 Å². The molecule has 7 nitrogen and oxygen atoms in total. The lowest BCUT2D eigenvalue weighted by Crippen LogP contribution is -2.55. The number of carbonyl (C=O) groups excluding carboxylic acids is 1. The van der Waals surface area contributed by atoms with Crippen molar-refractivity contribution in [2.45, 2.75) is 38.5 Å². The number of anilines is 2. The molecular formula is C26H31F4N5O2. The maximum atomic E-state index is 15.4. The highest BCUT2D eigenvalue weighted by Gasteiger charge is 2.37. The first-order valence-corrected chi connectivity index (χ1v) is 12.2. The fourth-order valence-electron chi connectivity index (χ4n) is 4.87. The molecule has 2 aromatic rings. The largest absolute Gasteiger partial charge is 0.417 e. The summed E-state index contributed by atoms with van der Waals surface area (Å²) < 4.78 is 57.5. The van der Waals surface area contributed by atoms with Crippen LogP contribution in [0.2, 0.25) is 0 Å². The van der Waals surface area contributed by atoms with E-state index in [1.807, 2.05) is 31.9 Å². The Bertz CT molecular complexity index is 1270. The summed E-state index contributed by atoms with van der Waals surface area (Å²) in [5.74, 6) is -1.49. The maximum Gasteiger partial charge on any atom is 0.417 e. The topological polar surface area (TPSA) is 69.6 Å². The first-order chi connectivity index (χ1) is 17.4. The molecule has 2 atom stereocenters. The van der Waals surface area contributed by atoms with Crippen LogP contribution in [0.5, 0.6) is 0 Å². The van der Waals surface area contributed by atoms with Gasteiger partial charge in [-0.25, -0.2) is 4.39 Å². The summed E-state index contributed by atoms with van der Waals surface area (Å²) >= 11 is 0. The van der Waals surface area contributed by atoms with Gasteiger partial charge in [0.1, 0.15) is 5.82 Å². The van der Waals surface area contributed by atoms with Gasteiger partial charge in [0.15, 0.2) is 0 Å². The van der Waals surface area contributed by atoms with Gasteiger partial charge < -0.3 is 20.1 Å². The lowest BCUT2D eigenvalue weighted by molar-refractivity contribution is -0.138. The number of nitrogens with zero attached hydrogens (tertiary/aromatic N) is 3. The van der Waals surface area contributed by atoms with Crippen molar-refractivity contribution in [1.82, 2.24) is 14.8 Å². The first-order valence-electron chi connectivity index (χ1n) is 12.2. The molecule has 1 saturated heterocycles. The molecule has 0 unspecified atom stereocenters. The lowest BCUT2D eigenvalue weighted by Gasteiger charge is -2.44. The second-order valence-electron chi connectivity index (χ2n) is 9.80. The zero-order valence-corrected chi connectivity index (χ0v) is 21.2. The van der Waals surface area contributed by atoms with Crippen LogP contribution in [0.25, 0.3) is 5.57 Å². The van der Waals surface area contributed by atoms with Crippen molar-refractivity contribution in [3.8, 4) is 0 Å². The Morgan fingerprint density at radius 2 is 1.78 bits per heavy atom. The molecule has 1 aromatic heterocycles. The van der Waals surface area contributed by atoms with Crippen molar-refractivity contribution in [3.05, 3.63) is 63.3 Å². The number of piperazine rings is 1. The molecule has 0 bridgehead atoms. The molecule has 200 valence electrons. The van der Waals surface area contributed by atoms with Gasteiger partial charge in [-0.15, -0.1) is 0 Å². The summed E-state index contributed by atoms with van der Waals surface area (Å²) in [5, 5.41) is 5.78. The molecule has 0 saturated carbocycles. The number of amides is 1. The van der Waals surface area contributed by atoms with Crippen molar-refractivity contribution < 1.29 is 22.4 Å². The van der Waals surface area contributed by atoms with Crippen LogP contribution in [0.3, 0.4) is 0 Å². The SMILES string of the molecule is C[C@@H]1CN(c2cc(F)c(C3=CCNCC3)cc2NC(=O)c2cn(C)c(=O)cc2C(F)(F)F)C[C@H](C)N1C. The molecule has 2 N–H and O–H groups in total. The van der Waals surface area contributed by atoms with Gasteiger partial charge in [0.2, 0.25) is 0 Å². The number of rotatable bonds is 4. The Morgan fingerprint density at radius 1 is 1.11 bits per heavy atom. The van der Waals surface area contributed by atoms with E-state index in [2.05, 4.69) is 15.5 Å². The third kappa shape index (κ3) is 5.57. The molecule has 1 fully saturated rings. The van der Waals surface area contributed by atoms with Gasteiger partial charge in [-0.05, 0) is 51.6 Å². The van der Waals surface area contributed by atoms with Crippen LogP contribution in [-0.2, 0) is 13.2 Å². The van der Waals surface area contributed by atoms with E-state index in [-0.39, 0.29) is 17.8 Å². The molecule has 0 aliphatic carbocycles. The number of benzene rings is 1. The van der Waals surface area contributed by atoms with Crippen molar-refractivity contribution in [1.29, 1.82) is 0 Å². The number of hydrogen-bond donors (Lipinski definition) is 2. The van der Waals surface area contributed by atoms with Crippen LogP contribution in [0.15, 0.2) is 35.3 Å². The third-order valence-electron chi connectivity index (χ3n) is 7.22. The quantitative estimate of drug-likeness (QED) is 0.601. The smallest absolute Gasteiger partial charge is 0.367 e. The number of alkyl halides is 3. The van der Waals surface area contributed by atoms with Gasteiger partial charge in [-0.3, -0.25) is 14.5 Å². The Hall–Kier alpha value is -3.18. The summed E-state index contributed by atoms with van der Waals surface area (Å²) in [6.45, 7) is 6.39. The van der Waals surface area contributed by atoms with E-state index in [1.165, 1.54) is 19.2 Å². The van der Waals surface area contributed by atoms with Gasteiger partial charge in [0.25, 0.3) is 11.5 Å². The predicted molar refractivity (Wildman–Crippen MR) is 135 cm³/mol. The number of nitrogens with one attached hydrogen (secondary N) is 2. The molecular weight excluding hydrogens is 490 g/mol. The molecule has 2 aliphatic rings. The third-order valence-corrected chi connectivity index (χ3v) is 7.22. The van der Waals surface area contributed by atoms with Gasteiger partial charge in [-0.1, -0.05) is 6.08 Å². The summed E-state index contributed by atoms with van der Waals surface area (Å²) in [6.07, 6.45) is -1.59. The molecule has 2 aliphatic heterocycles. The van der Waals surface area contributed by atoms with E-state index in [9.17, 15) is 22.8 Å². The van der Waals surface area contributed by atoms with Crippen LogP contribution in [0.4, 0.5) is 28.9 Å². The minimum absolute atomic E-state index is 0.127. The first kappa shape index (κ1) is 26.9. The van der Waals surface area contributed by atoms with Crippen LogP contribution in [-0.4, -0.2) is 60.7 Å². The molecule has 1 amide bonds. The Balaban J connectivity index is 1.80. The van der Waals surface area contributed by atoms with Gasteiger partial charge in [0, 0.05) is 56.6 Å². The van der Waals surface area contributed by atoms with E-state index >= 15 is 4.39 Å². The van der Waals surface area contributed by atoms with Crippen molar-refractivity contribution in [2.75, 3.05) is 43.4 Å². The minimum atomic E-state index is -4.90. The fraction of sp³-hybridized carbons (Fsp3) is 0.462. The Labute approximate surface area is 212 Å². The molecule has 37 heavy (non-hydrogen) atoms. The zero-order valence-electron chi connectivity index (χ0n) is 21.2. The molecule has 0 radical (unpaired) electrons. The maximum absolute atomic E-state index is 15.4. The second-order valence-corrected chi connectivity index (χ2v) is 9.80. The van der Waals surface area contributed by atoms with E-state index in [0.717, 1.165) is 16.3 Å². The van der Waals surface area contributed by atoms with E-state index < -0.39 is 34.6 Å². The van der Waals surface area contributed by atoms with Crippen molar-refractivity contribution in [2.24, 2.45) is 7.05 Å². The minimum Gasteiger partial charge on any atom is -0.367 e.